The SMILES string of the molecule is Cc1nc2ccc(C(=O)NC3CCN(C(=O)C4CC(=O)N(C(C)C)C4)CC3)cc2nc1C. The van der Waals surface area contributed by atoms with Crippen LogP contribution in [-0.4, -0.2) is 69.2 Å². The third-order valence-electron chi connectivity index (χ3n) is 6.61. The highest BCUT2D eigenvalue weighted by atomic mass is 16.2. The van der Waals surface area contributed by atoms with Gasteiger partial charge in [0.1, 0.15) is 0 Å². The zero-order valence-corrected chi connectivity index (χ0v) is 19.2. The van der Waals surface area contributed by atoms with E-state index >= 15 is 0 Å². The van der Waals surface area contributed by atoms with Crippen molar-refractivity contribution in [3.8, 4) is 0 Å². The molecule has 3 heterocycles. The Hall–Kier alpha value is -3.03. The van der Waals surface area contributed by atoms with Crippen molar-refractivity contribution in [2.24, 2.45) is 5.92 Å². The van der Waals surface area contributed by atoms with E-state index in [2.05, 4.69) is 15.3 Å². The van der Waals surface area contributed by atoms with Crippen molar-refractivity contribution < 1.29 is 14.4 Å². The number of rotatable bonds is 4. The van der Waals surface area contributed by atoms with Crippen LogP contribution in [0.5, 0.6) is 0 Å². The average Bonchev–Trinajstić information content (AvgIpc) is 3.16. The number of nitrogens with zero attached hydrogens (tertiary/aromatic N) is 4. The van der Waals surface area contributed by atoms with E-state index in [1.807, 2.05) is 38.7 Å². The van der Waals surface area contributed by atoms with Gasteiger partial charge in [0.05, 0.1) is 28.3 Å². The number of aromatic nitrogens is 2. The zero-order chi connectivity index (χ0) is 23.0. The molecule has 0 radical (unpaired) electrons. The smallest absolute Gasteiger partial charge is 0.251 e. The van der Waals surface area contributed by atoms with Crippen LogP contribution in [0.3, 0.4) is 0 Å². The van der Waals surface area contributed by atoms with Crippen LogP contribution in [0.2, 0.25) is 0 Å². The first-order valence-corrected chi connectivity index (χ1v) is 11.4. The number of hydrogen-bond donors (Lipinski definition) is 1. The van der Waals surface area contributed by atoms with Crippen molar-refractivity contribution >= 4 is 28.8 Å². The molecule has 2 saturated heterocycles. The summed E-state index contributed by atoms with van der Waals surface area (Å²) in [4.78, 5) is 50.5. The number of likely N-dealkylation sites (tertiary alicyclic amines) is 2. The molecule has 0 bridgehead atoms. The molecular weight excluding hydrogens is 406 g/mol. The molecule has 3 amide bonds. The third-order valence-corrected chi connectivity index (χ3v) is 6.61. The van der Waals surface area contributed by atoms with E-state index in [9.17, 15) is 14.4 Å². The minimum Gasteiger partial charge on any atom is -0.349 e. The molecular formula is C24H31N5O3. The molecule has 1 aromatic carbocycles. The monoisotopic (exact) mass is 437 g/mol. The van der Waals surface area contributed by atoms with Crippen molar-refractivity contribution in [2.45, 2.75) is 59.0 Å². The maximum absolute atomic E-state index is 12.9. The predicted octanol–water partition coefficient (Wildman–Crippen LogP) is 2.22. The van der Waals surface area contributed by atoms with Gasteiger partial charge in [0.15, 0.2) is 0 Å². The Labute approximate surface area is 188 Å². The first-order chi connectivity index (χ1) is 15.2. The molecule has 0 saturated carbocycles. The number of fused-ring (bicyclic) bond motifs is 1. The van der Waals surface area contributed by atoms with Crippen molar-refractivity contribution in [3.63, 3.8) is 0 Å². The second-order valence-electron chi connectivity index (χ2n) is 9.21. The fraction of sp³-hybridized carbons (Fsp3) is 0.542. The maximum Gasteiger partial charge on any atom is 0.251 e. The Morgan fingerprint density at radius 3 is 2.34 bits per heavy atom. The van der Waals surface area contributed by atoms with E-state index < -0.39 is 0 Å². The second-order valence-corrected chi connectivity index (χ2v) is 9.21. The van der Waals surface area contributed by atoms with Gasteiger partial charge in [0.2, 0.25) is 11.8 Å². The van der Waals surface area contributed by atoms with Gasteiger partial charge in [-0.2, -0.15) is 0 Å². The maximum atomic E-state index is 12.9. The summed E-state index contributed by atoms with van der Waals surface area (Å²) in [7, 11) is 0. The summed E-state index contributed by atoms with van der Waals surface area (Å²) in [5.74, 6) is -0.261. The summed E-state index contributed by atoms with van der Waals surface area (Å²) in [5, 5.41) is 3.10. The van der Waals surface area contributed by atoms with Crippen LogP contribution in [0.4, 0.5) is 0 Å². The molecule has 4 rings (SSSR count). The number of carbonyl (C=O) groups excluding carboxylic acids is 3. The second kappa shape index (κ2) is 8.84. The zero-order valence-electron chi connectivity index (χ0n) is 19.2. The normalized spacial score (nSPS) is 19.8. The number of benzene rings is 1. The Morgan fingerprint density at radius 1 is 1.06 bits per heavy atom. The Balaban J connectivity index is 1.32. The fourth-order valence-corrected chi connectivity index (χ4v) is 4.54. The molecule has 2 aliphatic rings. The first kappa shape index (κ1) is 22.2. The van der Waals surface area contributed by atoms with Crippen LogP contribution in [0.1, 0.15) is 54.9 Å². The largest absolute Gasteiger partial charge is 0.349 e. The van der Waals surface area contributed by atoms with E-state index in [0.29, 0.717) is 50.0 Å². The summed E-state index contributed by atoms with van der Waals surface area (Å²) < 4.78 is 0. The number of amides is 3. The highest BCUT2D eigenvalue weighted by molar-refractivity contribution is 5.97. The van der Waals surface area contributed by atoms with Crippen LogP contribution in [0.15, 0.2) is 18.2 Å². The molecule has 2 fully saturated rings. The lowest BCUT2D eigenvalue weighted by Crippen LogP contribution is -2.48. The van der Waals surface area contributed by atoms with Crippen molar-refractivity contribution in [2.75, 3.05) is 19.6 Å². The molecule has 8 nitrogen and oxygen atoms in total. The standard InChI is InChI=1S/C24H31N5O3/c1-14(2)29-13-18(12-22(29)30)24(32)28-9-7-19(8-10-28)27-23(31)17-5-6-20-21(11-17)26-16(4)15(3)25-20/h5-6,11,14,18-19H,7-10,12-13H2,1-4H3,(H,27,31). The highest BCUT2D eigenvalue weighted by Gasteiger charge is 2.38. The Bertz CT molecular complexity index is 1060. The minimum atomic E-state index is -0.248. The van der Waals surface area contributed by atoms with E-state index in [1.165, 1.54) is 0 Å². The number of carbonyl (C=O) groups is 3. The lowest BCUT2D eigenvalue weighted by atomic mass is 10.0. The molecule has 32 heavy (non-hydrogen) atoms. The van der Waals surface area contributed by atoms with Gasteiger partial charge < -0.3 is 15.1 Å². The summed E-state index contributed by atoms with van der Waals surface area (Å²) in [6.07, 6.45) is 1.72. The van der Waals surface area contributed by atoms with E-state index in [0.717, 1.165) is 16.9 Å². The van der Waals surface area contributed by atoms with Gasteiger partial charge in [-0.3, -0.25) is 14.4 Å². The number of aryl methyl sites for hydroxylation is 2. The minimum absolute atomic E-state index is 0.0189. The number of piperidine rings is 1. The molecule has 0 spiro atoms. The molecule has 1 atom stereocenters. The quantitative estimate of drug-likeness (QED) is 0.791. The molecule has 1 unspecified atom stereocenters. The van der Waals surface area contributed by atoms with Crippen LogP contribution in [-0.2, 0) is 9.59 Å². The van der Waals surface area contributed by atoms with E-state index in [4.69, 9.17) is 0 Å². The summed E-state index contributed by atoms with van der Waals surface area (Å²) in [6.45, 7) is 9.48. The molecule has 0 aliphatic carbocycles. The van der Waals surface area contributed by atoms with Crippen molar-refractivity contribution in [3.05, 3.63) is 35.2 Å². The van der Waals surface area contributed by atoms with Crippen LogP contribution >= 0.6 is 0 Å². The summed E-state index contributed by atoms with van der Waals surface area (Å²) >= 11 is 0. The number of nitrogens with one attached hydrogen (secondary N) is 1. The third kappa shape index (κ3) is 4.45. The topological polar surface area (TPSA) is 95.5 Å². The van der Waals surface area contributed by atoms with Gasteiger partial charge in [-0.1, -0.05) is 0 Å². The van der Waals surface area contributed by atoms with Crippen molar-refractivity contribution in [1.82, 2.24) is 25.1 Å². The Morgan fingerprint density at radius 2 is 1.72 bits per heavy atom. The average molecular weight is 438 g/mol. The molecule has 170 valence electrons. The highest BCUT2D eigenvalue weighted by Crippen LogP contribution is 2.24. The lowest BCUT2D eigenvalue weighted by molar-refractivity contribution is -0.136. The summed E-state index contributed by atoms with van der Waals surface area (Å²) in [5.41, 5.74) is 3.79. The molecule has 1 aromatic heterocycles. The molecule has 1 N–H and O–H groups in total. The van der Waals surface area contributed by atoms with Gasteiger partial charge in [0, 0.05) is 43.7 Å². The lowest BCUT2D eigenvalue weighted by Gasteiger charge is -2.34. The van der Waals surface area contributed by atoms with Crippen LogP contribution in [0, 0.1) is 19.8 Å². The fourth-order valence-electron chi connectivity index (χ4n) is 4.54. The van der Waals surface area contributed by atoms with Gasteiger partial charge in [-0.05, 0) is 58.7 Å². The van der Waals surface area contributed by atoms with Gasteiger partial charge in [-0.15, -0.1) is 0 Å². The molecule has 8 heteroatoms. The van der Waals surface area contributed by atoms with Gasteiger partial charge in [0.25, 0.3) is 5.91 Å². The van der Waals surface area contributed by atoms with E-state index in [-0.39, 0.29) is 35.7 Å². The predicted molar refractivity (Wildman–Crippen MR) is 121 cm³/mol. The van der Waals surface area contributed by atoms with E-state index in [1.54, 1.807) is 17.0 Å². The summed E-state index contributed by atoms with van der Waals surface area (Å²) in [6, 6.07) is 5.52. The number of hydrogen-bond acceptors (Lipinski definition) is 5. The first-order valence-electron chi connectivity index (χ1n) is 11.4. The van der Waals surface area contributed by atoms with Crippen LogP contribution < -0.4 is 5.32 Å². The van der Waals surface area contributed by atoms with Gasteiger partial charge >= 0.3 is 0 Å². The van der Waals surface area contributed by atoms with Gasteiger partial charge in [-0.25, -0.2) is 9.97 Å². The Kier molecular flexibility index (Phi) is 6.13. The molecule has 2 aliphatic heterocycles. The van der Waals surface area contributed by atoms with Crippen LogP contribution in [0.25, 0.3) is 11.0 Å². The van der Waals surface area contributed by atoms with Crippen molar-refractivity contribution in [1.29, 1.82) is 0 Å². The molecule has 2 aromatic rings.